The van der Waals surface area contributed by atoms with Crippen molar-refractivity contribution in [1.29, 1.82) is 0 Å². The molecule has 3 N–H and O–H groups in total. The number of hydrogen-bond donors (Lipinski definition) is 3. The van der Waals surface area contributed by atoms with Crippen LogP contribution in [0.3, 0.4) is 0 Å². The van der Waals surface area contributed by atoms with Crippen LogP contribution in [-0.2, 0) is 17.1 Å². The molecule has 33 heavy (non-hydrogen) atoms. The fourth-order valence-electron chi connectivity index (χ4n) is 3.64. The molecule has 1 aromatic carbocycles. The minimum atomic E-state index is -5.01. The van der Waals surface area contributed by atoms with Gasteiger partial charge in [-0.05, 0) is 62.3 Å². The Morgan fingerprint density at radius 2 is 1.48 bits per heavy atom. The number of halogens is 6. The molecule has 0 heterocycles. The van der Waals surface area contributed by atoms with E-state index in [-0.39, 0.29) is 30.5 Å². The molecule has 0 spiro atoms. The van der Waals surface area contributed by atoms with E-state index in [9.17, 15) is 35.9 Å². The maximum atomic E-state index is 13.0. The number of carbonyl (C=O) groups is 2. The molecule has 2 amide bonds. The average Bonchev–Trinajstić information content (AvgIpc) is 2.72. The molecule has 1 saturated carbocycles. The first-order valence-corrected chi connectivity index (χ1v) is 10.8. The molecular weight excluding hydrogens is 452 g/mol. The van der Waals surface area contributed by atoms with Crippen LogP contribution < -0.4 is 16.0 Å². The maximum absolute atomic E-state index is 13.0. The normalized spacial score (nSPS) is 19.4. The van der Waals surface area contributed by atoms with Gasteiger partial charge in [-0.15, -0.1) is 0 Å². The van der Waals surface area contributed by atoms with Gasteiger partial charge in [-0.3, -0.25) is 9.59 Å². The summed E-state index contributed by atoms with van der Waals surface area (Å²) in [5.41, 5.74) is -3.71. The Morgan fingerprint density at radius 3 is 1.97 bits per heavy atom. The van der Waals surface area contributed by atoms with Gasteiger partial charge in [0.25, 0.3) is 5.91 Å². The van der Waals surface area contributed by atoms with Crippen LogP contribution in [-0.4, -0.2) is 37.5 Å². The summed E-state index contributed by atoms with van der Waals surface area (Å²) in [6.45, 7) is 5.39. The van der Waals surface area contributed by atoms with Crippen molar-refractivity contribution < 1.29 is 35.9 Å². The van der Waals surface area contributed by atoms with E-state index in [0.29, 0.717) is 56.8 Å². The number of alkyl halides is 6. The quantitative estimate of drug-likeness (QED) is 0.483. The van der Waals surface area contributed by atoms with Crippen molar-refractivity contribution in [2.24, 2.45) is 11.8 Å². The summed E-state index contributed by atoms with van der Waals surface area (Å²) in [5.74, 6) is -0.434. The topological polar surface area (TPSA) is 70.2 Å². The van der Waals surface area contributed by atoms with Gasteiger partial charge in [0, 0.05) is 18.2 Å². The van der Waals surface area contributed by atoms with Crippen molar-refractivity contribution in [2.75, 3.05) is 19.6 Å². The minimum Gasteiger partial charge on any atom is -0.355 e. The highest BCUT2D eigenvalue weighted by Crippen LogP contribution is 2.36. The van der Waals surface area contributed by atoms with Crippen LogP contribution in [0.25, 0.3) is 0 Å². The predicted molar refractivity (Wildman–Crippen MR) is 110 cm³/mol. The van der Waals surface area contributed by atoms with Crippen molar-refractivity contribution in [3.63, 3.8) is 0 Å². The van der Waals surface area contributed by atoms with Gasteiger partial charge < -0.3 is 16.0 Å². The van der Waals surface area contributed by atoms with Crippen LogP contribution in [0, 0.1) is 11.8 Å². The molecule has 186 valence electrons. The van der Waals surface area contributed by atoms with Crippen molar-refractivity contribution in [1.82, 2.24) is 16.0 Å². The molecule has 2 rings (SSSR count). The summed E-state index contributed by atoms with van der Waals surface area (Å²) < 4.78 is 78.0. The number of hydrogen-bond acceptors (Lipinski definition) is 3. The highest BCUT2D eigenvalue weighted by atomic mass is 19.4. The summed E-state index contributed by atoms with van der Waals surface area (Å²) in [6, 6.07) is 0.527. The number of amides is 2. The first-order chi connectivity index (χ1) is 15.3. The standard InChI is InChI=1S/C22H29F6N3O2/c1-13(2)10-30-19(32)12-29-11-14-3-5-18(6-4-14)31-20(33)15-7-16(21(23,24)25)9-17(8-15)22(26,27)28/h7-9,13-14,18,29H,3-6,10-12H2,1-2H3,(H,30,32)(H,31,33). The van der Waals surface area contributed by atoms with E-state index in [0.717, 1.165) is 0 Å². The van der Waals surface area contributed by atoms with E-state index < -0.39 is 35.0 Å². The van der Waals surface area contributed by atoms with Crippen LogP contribution in [0.1, 0.15) is 61.0 Å². The Labute approximate surface area is 188 Å². The van der Waals surface area contributed by atoms with Crippen LogP contribution in [0.15, 0.2) is 18.2 Å². The summed E-state index contributed by atoms with van der Waals surface area (Å²) in [6.07, 6.45) is -7.50. The number of benzene rings is 1. The Morgan fingerprint density at radius 1 is 0.939 bits per heavy atom. The first-order valence-electron chi connectivity index (χ1n) is 10.8. The van der Waals surface area contributed by atoms with Crippen LogP contribution in [0.5, 0.6) is 0 Å². The fraction of sp³-hybridized carbons (Fsp3) is 0.636. The van der Waals surface area contributed by atoms with Gasteiger partial charge in [0.05, 0.1) is 17.7 Å². The van der Waals surface area contributed by atoms with Crippen molar-refractivity contribution >= 4 is 11.8 Å². The second-order valence-electron chi connectivity index (χ2n) is 8.81. The molecule has 0 unspecified atom stereocenters. The van der Waals surface area contributed by atoms with E-state index in [2.05, 4.69) is 16.0 Å². The third kappa shape index (κ3) is 8.87. The number of nitrogens with one attached hydrogen (secondary N) is 3. The van der Waals surface area contributed by atoms with Crippen molar-refractivity contribution in [2.45, 2.75) is 57.9 Å². The van der Waals surface area contributed by atoms with Crippen molar-refractivity contribution in [3.8, 4) is 0 Å². The first kappa shape index (κ1) is 26.9. The van der Waals surface area contributed by atoms with Crippen molar-refractivity contribution in [3.05, 3.63) is 34.9 Å². The Kier molecular flexibility index (Phi) is 9.16. The molecule has 0 radical (unpaired) electrons. The van der Waals surface area contributed by atoms with Gasteiger partial charge in [0.2, 0.25) is 5.91 Å². The zero-order valence-corrected chi connectivity index (χ0v) is 18.5. The largest absolute Gasteiger partial charge is 0.416 e. The van der Waals surface area contributed by atoms with Crippen LogP contribution in [0.2, 0.25) is 0 Å². The molecule has 5 nitrogen and oxygen atoms in total. The molecule has 0 atom stereocenters. The maximum Gasteiger partial charge on any atom is 0.416 e. The third-order valence-corrected chi connectivity index (χ3v) is 5.46. The molecule has 1 aromatic rings. The lowest BCUT2D eigenvalue weighted by Crippen LogP contribution is -2.41. The minimum absolute atomic E-state index is 0.00190. The monoisotopic (exact) mass is 481 g/mol. The molecule has 0 aliphatic heterocycles. The van der Waals surface area contributed by atoms with Gasteiger partial charge in [0.1, 0.15) is 0 Å². The summed E-state index contributed by atoms with van der Waals surface area (Å²) >= 11 is 0. The lowest BCUT2D eigenvalue weighted by molar-refractivity contribution is -0.143. The second kappa shape index (κ2) is 11.2. The predicted octanol–water partition coefficient (Wildman–Crippen LogP) is 4.37. The van der Waals surface area contributed by atoms with E-state index >= 15 is 0 Å². The molecule has 0 saturated heterocycles. The molecule has 0 aromatic heterocycles. The molecule has 1 fully saturated rings. The van der Waals surface area contributed by atoms with E-state index in [4.69, 9.17) is 0 Å². The lowest BCUT2D eigenvalue weighted by atomic mass is 9.86. The molecule has 0 bridgehead atoms. The number of rotatable bonds is 8. The second-order valence-corrected chi connectivity index (χ2v) is 8.81. The average molecular weight is 481 g/mol. The van der Waals surface area contributed by atoms with E-state index in [1.165, 1.54) is 0 Å². The zero-order valence-electron chi connectivity index (χ0n) is 18.5. The Balaban J connectivity index is 1.87. The molecule has 11 heteroatoms. The smallest absolute Gasteiger partial charge is 0.355 e. The summed E-state index contributed by atoms with van der Waals surface area (Å²) in [4.78, 5) is 24.1. The van der Waals surface area contributed by atoms with Gasteiger partial charge in [-0.2, -0.15) is 26.3 Å². The fourth-order valence-corrected chi connectivity index (χ4v) is 3.64. The number of carbonyl (C=O) groups excluding carboxylic acids is 2. The summed E-state index contributed by atoms with van der Waals surface area (Å²) in [5, 5.41) is 8.45. The van der Waals surface area contributed by atoms with E-state index in [1.807, 2.05) is 13.8 Å². The highest BCUT2D eigenvalue weighted by molar-refractivity contribution is 5.94. The highest BCUT2D eigenvalue weighted by Gasteiger charge is 2.37. The Bertz CT molecular complexity index is 783. The SMILES string of the molecule is CC(C)CNC(=O)CNCC1CCC(NC(=O)c2cc(C(F)(F)F)cc(C(F)(F)F)c2)CC1. The zero-order chi connectivity index (χ0) is 24.8. The molecule has 1 aliphatic carbocycles. The van der Waals surface area contributed by atoms with Gasteiger partial charge >= 0.3 is 12.4 Å². The molecule has 1 aliphatic rings. The van der Waals surface area contributed by atoms with Crippen LogP contribution >= 0.6 is 0 Å². The van der Waals surface area contributed by atoms with Gasteiger partial charge in [-0.25, -0.2) is 0 Å². The summed E-state index contributed by atoms with van der Waals surface area (Å²) in [7, 11) is 0. The van der Waals surface area contributed by atoms with Gasteiger partial charge in [0.15, 0.2) is 0 Å². The van der Waals surface area contributed by atoms with E-state index in [1.54, 1.807) is 0 Å². The lowest BCUT2D eigenvalue weighted by Gasteiger charge is -2.29. The third-order valence-electron chi connectivity index (χ3n) is 5.46. The van der Waals surface area contributed by atoms with Crippen LogP contribution in [0.4, 0.5) is 26.3 Å². The van der Waals surface area contributed by atoms with Gasteiger partial charge in [-0.1, -0.05) is 13.8 Å². The Hall–Kier alpha value is -2.30. The molecular formula is C22H29F6N3O2.